The minimum atomic E-state index is -3.69. The molecule has 1 saturated heterocycles. The number of rotatable bonds is 6. The molecule has 0 aliphatic carbocycles. The van der Waals surface area contributed by atoms with E-state index in [-0.39, 0.29) is 29.7 Å². The number of amides is 1. The normalized spacial score (nSPS) is 17.9. The summed E-state index contributed by atoms with van der Waals surface area (Å²) in [5.74, 6) is -0.537. The summed E-state index contributed by atoms with van der Waals surface area (Å²) < 4.78 is 45.9. The third-order valence-electron chi connectivity index (χ3n) is 4.86. The van der Waals surface area contributed by atoms with Gasteiger partial charge in [0.25, 0.3) is 0 Å². The third kappa shape index (κ3) is 4.51. The van der Waals surface area contributed by atoms with Gasteiger partial charge >= 0.3 is 0 Å². The van der Waals surface area contributed by atoms with Gasteiger partial charge in [-0.15, -0.1) is 0 Å². The fraction of sp³-hybridized carbons (Fsp3) is 0.350. The number of nitrogens with zero attached hydrogens (tertiary/aromatic N) is 1. The number of methoxy groups -OCH3 is 1. The van der Waals surface area contributed by atoms with Crippen molar-refractivity contribution in [2.24, 2.45) is 5.92 Å². The van der Waals surface area contributed by atoms with Crippen LogP contribution in [0.1, 0.15) is 18.4 Å². The molecule has 6 nitrogen and oxygen atoms in total. The summed E-state index contributed by atoms with van der Waals surface area (Å²) in [6, 6.07) is 12.4. The molecule has 2 aromatic carbocycles. The van der Waals surface area contributed by atoms with Gasteiger partial charge in [0.1, 0.15) is 11.6 Å². The summed E-state index contributed by atoms with van der Waals surface area (Å²) in [5.41, 5.74) is 0.398. The van der Waals surface area contributed by atoms with Crippen LogP contribution >= 0.6 is 0 Å². The second kappa shape index (κ2) is 8.70. The molecule has 1 N–H and O–H groups in total. The Bertz CT molecular complexity index is 931. The van der Waals surface area contributed by atoms with Crippen molar-refractivity contribution in [1.82, 2.24) is 9.62 Å². The van der Waals surface area contributed by atoms with E-state index in [0.717, 1.165) is 0 Å². The number of carbonyl (C=O) groups is 1. The van der Waals surface area contributed by atoms with Crippen molar-refractivity contribution in [2.75, 3.05) is 20.2 Å². The largest absolute Gasteiger partial charge is 0.497 e. The van der Waals surface area contributed by atoms with Crippen molar-refractivity contribution in [1.29, 1.82) is 0 Å². The van der Waals surface area contributed by atoms with E-state index in [1.54, 1.807) is 30.3 Å². The number of sulfonamides is 1. The van der Waals surface area contributed by atoms with Crippen LogP contribution in [0.15, 0.2) is 53.4 Å². The zero-order chi connectivity index (χ0) is 20.1. The van der Waals surface area contributed by atoms with Gasteiger partial charge in [-0.25, -0.2) is 12.8 Å². The van der Waals surface area contributed by atoms with Gasteiger partial charge in [-0.05, 0) is 43.2 Å². The Morgan fingerprint density at radius 3 is 2.61 bits per heavy atom. The molecule has 3 rings (SSSR count). The first-order valence-electron chi connectivity index (χ1n) is 9.07. The summed E-state index contributed by atoms with van der Waals surface area (Å²) in [6.45, 7) is 0.552. The monoisotopic (exact) mass is 406 g/mol. The summed E-state index contributed by atoms with van der Waals surface area (Å²) in [5, 5.41) is 2.72. The van der Waals surface area contributed by atoms with E-state index in [4.69, 9.17) is 4.74 Å². The molecule has 1 unspecified atom stereocenters. The number of hydrogen-bond donors (Lipinski definition) is 1. The lowest BCUT2D eigenvalue weighted by atomic mass is 9.98. The van der Waals surface area contributed by atoms with E-state index in [0.29, 0.717) is 30.7 Å². The average molecular weight is 406 g/mol. The third-order valence-corrected chi connectivity index (χ3v) is 6.74. The molecule has 8 heteroatoms. The first-order chi connectivity index (χ1) is 13.4. The van der Waals surface area contributed by atoms with Gasteiger partial charge in [0.05, 0.1) is 17.9 Å². The highest BCUT2D eigenvalue weighted by atomic mass is 32.2. The molecule has 1 atom stereocenters. The molecule has 28 heavy (non-hydrogen) atoms. The van der Waals surface area contributed by atoms with Crippen LogP contribution in [0.2, 0.25) is 0 Å². The number of ether oxygens (including phenoxy) is 1. The van der Waals surface area contributed by atoms with Gasteiger partial charge in [0.15, 0.2) is 0 Å². The van der Waals surface area contributed by atoms with E-state index in [1.807, 2.05) is 0 Å². The molecule has 2 aromatic rings. The van der Waals surface area contributed by atoms with Gasteiger partial charge in [0.2, 0.25) is 15.9 Å². The molecule has 0 saturated carbocycles. The lowest BCUT2D eigenvalue weighted by molar-refractivity contribution is -0.126. The lowest BCUT2D eigenvalue weighted by Crippen LogP contribution is -2.45. The molecule has 0 aromatic heterocycles. The standard InChI is InChI=1S/C20H23FN2O4S/c1-27-17-8-10-18(11-9-17)28(25,26)23-12-4-6-16(14-23)20(24)22-13-15-5-2-3-7-19(15)21/h2-3,5,7-11,16H,4,6,12-14H2,1H3,(H,22,24). The van der Waals surface area contributed by atoms with Gasteiger partial charge in [-0.3, -0.25) is 4.79 Å². The summed E-state index contributed by atoms with van der Waals surface area (Å²) in [4.78, 5) is 12.7. The van der Waals surface area contributed by atoms with E-state index in [1.165, 1.54) is 29.6 Å². The minimum Gasteiger partial charge on any atom is -0.497 e. The summed E-state index contributed by atoms with van der Waals surface area (Å²) >= 11 is 0. The Morgan fingerprint density at radius 2 is 1.93 bits per heavy atom. The van der Waals surface area contributed by atoms with Gasteiger partial charge in [-0.1, -0.05) is 18.2 Å². The van der Waals surface area contributed by atoms with Crippen molar-refractivity contribution in [2.45, 2.75) is 24.3 Å². The lowest BCUT2D eigenvalue weighted by Gasteiger charge is -2.31. The van der Waals surface area contributed by atoms with E-state index in [9.17, 15) is 17.6 Å². The number of nitrogens with one attached hydrogen (secondary N) is 1. The predicted molar refractivity (Wildman–Crippen MR) is 103 cm³/mol. The first kappa shape index (κ1) is 20.3. The smallest absolute Gasteiger partial charge is 0.243 e. The number of hydrogen-bond acceptors (Lipinski definition) is 4. The second-order valence-electron chi connectivity index (χ2n) is 6.69. The molecule has 0 radical (unpaired) electrons. The van der Waals surface area contributed by atoms with E-state index in [2.05, 4.69) is 5.32 Å². The van der Waals surface area contributed by atoms with Crippen LogP contribution in [-0.2, 0) is 21.4 Å². The number of halogens is 1. The van der Waals surface area contributed by atoms with Gasteiger partial charge in [0, 0.05) is 25.2 Å². The Balaban J connectivity index is 1.65. The van der Waals surface area contributed by atoms with Crippen LogP contribution in [0.5, 0.6) is 5.75 Å². The molecule has 0 spiro atoms. The maximum absolute atomic E-state index is 13.7. The Morgan fingerprint density at radius 1 is 1.21 bits per heavy atom. The maximum atomic E-state index is 13.7. The number of carbonyl (C=O) groups excluding carboxylic acids is 1. The zero-order valence-electron chi connectivity index (χ0n) is 15.6. The van der Waals surface area contributed by atoms with Crippen LogP contribution in [0.25, 0.3) is 0 Å². The number of benzene rings is 2. The fourth-order valence-corrected chi connectivity index (χ4v) is 4.76. The highest BCUT2D eigenvalue weighted by Gasteiger charge is 2.33. The Hall–Kier alpha value is -2.45. The SMILES string of the molecule is COc1ccc(S(=O)(=O)N2CCCC(C(=O)NCc3ccccc3F)C2)cc1. The highest BCUT2D eigenvalue weighted by molar-refractivity contribution is 7.89. The van der Waals surface area contributed by atoms with Crippen molar-refractivity contribution >= 4 is 15.9 Å². The van der Waals surface area contributed by atoms with Gasteiger partial charge < -0.3 is 10.1 Å². The molecule has 150 valence electrons. The summed E-state index contributed by atoms with van der Waals surface area (Å²) in [6.07, 6.45) is 1.19. The average Bonchev–Trinajstić information content (AvgIpc) is 2.73. The zero-order valence-corrected chi connectivity index (χ0v) is 16.4. The molecular formula is C20H23FN2O4S. The first-order valence-corrected chi connectivity index (χ1v) is 10.5. The van der Waals surface area contributed by atoms with Crippen molar-refractivity contribution in [3.05, 3.63) is 59.9 Å². The van der Waals surface area contributed by atoms with Crippen molar-refractivity contribution in [3.8, 4) is 5.75 Å². The minimum absolute atomic E-state index is 0.0766. The van der Waals surface area contributed by atoms with Gasteiger partial charge in [-0.2, -0.15) is 4.31 Å². The van der Waals surface area contributed by atoms with Crippen LogP contribution in [0.4, 0.5) is 4.39 Å². The molecule has 1 aliphatic rings. The van der Waals surface area contributed by atoms with E-state index >= 15 is 0 Å². The number of piperidine rings is 1. The van der Waals surface area contributed by atoms with Crippen LogP contribution in [-0.4, -0.2) is 38.8 Å². The van der Waals surface area contributed by atoms with Crippen LogP contribution < -0.4 is 10.1 Å². The molecule has 1 aliphatic heterocycles. The molecule has 1 heterocycles. The Labute approximate surface area is 164 Å². The predicted octanol–water partition coefficient (Wildman–Crippen LogP) is 2.55. The van der Waals surface area contributed by atoms with Crippen molar-refractivity contribution < 1.29 is 22.3 Å². The maximum Gasteiger partial charge on any atom is 0.243 e. The van der Waals surface area contributed by atoms with E-state index < -0.39 is 15.9 Å². The van der Waals surface area contributed by atoms with Crippen molar-refractivity contribution in [3.63, 3.8) is 0 Å². The summed E-state index contributed by atoms with van der Waals surface area (Å²) in [7, 11) is -2.18. The van der Waals surface area contributed by atoms with Crippen LogP contribution in [0.3, 0.4) is 0 Å². The highest BCUT2D eigenvalue weighted by Crippen LogP contribution is 2.25. The Kier molecular flexibility index (Phi) is 6.31. The molecule has 1 fully saturated rings. The van der Waals surface area contributed by atoms with Crippen LogP contribution in [0, 0.1) is 11.7 Å². The second-order valence-corrected chi connectivity index (χ2v) is 8.62. The quantitative estimate of drug-likeness (QED) is 0.800. The molecular weight excluding hydrogens is 383 g/mol. The fourth-order valence-electron chi connectivity index (χ4n) is 3.24. The topological polar surface area (TPSA) is 75.7 Å². The molecule has 0 bridgehead atoms. The molecule has 1 amide bonds.